The largest absolute Gasteiger partial charge is 0.382 e. The number of aromatic nitrogens is 2. The third kappa shape index (κ3) is 2.14. The molecule has 2 aromatic rings. The lowest BCUT2D eigenvalue weighted by Gasteiger charge is -2.17. The van der Waals surface area contributed by atoms with Gasteiger partial charge in [-0.05, 0) is 12.0 Å². The zero-order valence-corrected chi connectivity index (χ0v) is 10.2. The van der Waals surface area contributed by atoms with Crippen molar-refractivity contribution in [2.75, 3.05) is 23.7 Å². The van der Waals surface area contributed by atoms with Crippen molar-refractivity contribution in [3.05, 3.63) is 48.3 Å². The van der Waals surface area contributed by atoms with Crippen LogP contribution in [0.25, 0.3) is 0 Å². The van der Waals surface area contributed by atoms with Crippen LogP contribution in [0.15, 0.2) is 42.7 Å². The second kappa shape index (κ2) is 4.64. The Morgan fingerprint density at radius 3 is 2.78 bits per heavy atom. The van der Waals surface area contributed by atoms with E-state index in [0.717, 1.165) is 25.3 Å². The Labute approximate surface area is 106 Å². The molecular formula is C14H16N4. The lowest BCUT2D eigenvalue weighted by molar-refractivity contribution is 0.774. The number of nitrogen functional groups attached to an aromatic ring is 1. The predicted molar refractivity (Wildman–Crippen MR) is 72.5 cm³/mol. The molecule has 1 atom stereocenters. The van der Waals surface area contributed by atoms with Gasteiger partial charge in [0.05, 0.1) is 12.4 Å². The maximum Gasteiger partial charge on any atom is 0.149 e. The molecule has 0 bridgehead atoms. The Bertz CT molecular complexity index is 526. The summed E-state index contributed by atoms with van der Waals surface area (Å²) in [5, 5.41) is 0. The quantitative estimate of drug-likeness (QED) is 0.873. The van der Waals surface area contributed by atoms with E-state index in [0.29, 0.717) is 11.7 Å². The first kappa shape index (κ1) is 11.0. The van der Waals surface area contributed by atoms with Crippen LogP contribution < -0.4 is 10.6 Å². The van der Waals surface area contributed by atoms with Gasteiger partial charge in [-0.3, -0.25) is 4.98 Å². The van der Waals surface area contributed by atoms with Crippen LogP contribution in [0.3, 0.4) is 0 Å². The predicted octanol–water partition coefficient (Wildman–Crippen LogP) is 2.05. The van der Waals surface area contributed by atoms with E-state index in [2.05, 4.69) is 45.2 Å². The van der Waals surface area contributed by atoms with E-state index < -0.39 is 0 Å². The summed E-state index contributed by atoms with van der Waals surface area (Å²) in [7, 11) is 0. The molecule has 0 spiro atoms. The van der Waals surface area contributed by atoms with Crippen LogP contribution in [-0.2, 0) is 0 Å². The number of rotatable bonds is 2. The van der Waals surface area contributed by atoms with Crippen molar-refractivity contribution in [1.29, 1.82) is 0 Å². The Morgan fingerprint density at radius 1 is 1.17 bits per heavy atom. The highest BCUT2D eigenvalue weighted by Gasteiger charge is 2.24. The second-order valence-corrected chi connectivity index (χ2v) is 4.64. The molecule has 1 fully saturated rings. The smallest absolute Gasteiger partial charge is 0.149 e. The summed E-state index contributed by atoms with van der Waals surface area (Å²) in [6, 6.07) is 10.6. The van der Waals surface area contributed by atoms with Gasteiger partial charge in [0, 0.05) is 19.0 Å². The van der Waals surface area contributed by atoms with E-state index in [9.17, 15) is 0 Å². The molecule has 0 amide bonds. The van der Waals surface area contributed by atoms with Crippen LogP contribution in [0.2, 0.25) is 0 Å². The van der Waals surface area contributed by atoms with Crippen LogP contribution in [0, 0.1) is 0 Å². The fourth-order valence-corrected chi connectivity index (χ4v) is 2.49. The number of nitrogens with two attached hydrogens (primary N) is 1. The molecular weight excluding hydrogens is 224 g/mol. The molecule has 2 N–H and O–H groups in total. The minimum absolute atomic E-state index is 0.482. The summed E-state index contributed by atoms with van der Waals surface area (Å²) in [6.45, 7) is 2.00. The molecule has 18 heavy (non-hydrogen) atoms. The SMILES string of the molecule is Nc1cncc(N2CCC(c3ccccc3)C2)n1. The third-order valence-electron chi connectivity index (χ3n) is 3.42. The summed E-state index contributed by atoms with van der Waals surface area (Å²) in [6.07, 6.45) is 4.51. The molecule has 1 saturated heterocycles. The molecule has 4 heteroatoms. The standard InChI is InChI=1S/C14H16N4/c15-13-8-16-9-14(17-13)18-7-6-12(10-18)11-4-2-1-3-5-11/h1-5,8-9,12H,6-7,10H2,(H2,15,17). The van der Waals surface area contributed by atoms with Crippen molar-refractivity contribution in [3.63, 3.8) is 0 Å². The van der Waals surface area contributed by atoms with Crippen molar-refractivity contribution >= 4 is 11.6 Å². The Balaban J connectivity index is 1.76. The van der Waals surface area contributed by atoms with Crippen LogP contribution in [-0.4, -0.2) is 23.1 Å². The first-order valence-electron chi connectivity index (χ1n) is 6.20. The highest BCUT2D eigenvalue weighted by atomic mass is 15.2. The third-order valence-corrected chi connectivity index (χ3v) is 3.42. The molecule has 4 nitrogen and oxygen atoms in total. The second-order valence-electron chi connectivity index (χ2n) is 4.64. The molecule has 1 aromatic heterocycles. The summed E-state index contributed by atoms with van der Waals surface area (Å²) in [5.41, 5.74) is 7.07. The van der Waals surface area contributed by atoms with Gasteiger partial charge in [-0.1, -0.05) is 30.3 Å². The lowest BCUT2D eigenvalue weighted by atomic mass is 9.99. The van der Waals surface area contributed by atoms with Crippen molar-refractivity contribution in [2.24, 2.45) is 0 Å². The van der Waals surface area contributed by atoms with Crippen molar-refractivity contribution in [3.8, 4) is 0 Å². The molecule has 1 unspecified atom stereocenters. The van der Waals surface area contributed by atoms with E-state index in [1.807, 2.05) is 0 Å². The van der Waals surface area contributed by atoms with Crippen molar-refractivity contribution in [2.45, 2.75) is 12.3 Å². The van der Waals surface area contributed by atoms with E-state index in [4.69, 9.17) is 5.73 Å². The topological polar surface area (TPSA) is 55.0 Å². The molecule has 0 aliphatic carbocycles. The zero-order valence-electron chi connectivity index (χ0n) is 10.2. The molecule has 1 aliphatic heterocycles. The molecule has 3 rings (SSSR count). The van der Waals surface area contributed by atoms with Crippen LogP contribution in [0.1, 0.15) is 17.9 Å². The molecule has 0 radical (unpaired) electrons. The summed E-state index contributed by atoms with van der Waals surface area (Å²) >= 11 is 0. The van der Waals surface area contributed by atoms with Gasteiger partial charge >= 0.3 is 0 Å². The van der Waals surface area contributed by atoms with Gasteiger partial charge in [-0.2, -0.15) is 0 Å². The zero-order chi connectivity index (χ0) is 12.4. The van der Waals surface area contributed by atoms with E-state index in [1.165, 1.54) is 5.56 Å². The number of anilines is 2. The van der Waals surface area contributed by atoms with Crippen LogP contribution in [0.4, 0.5) is 11.6 Å². The summed E-state index contributed by atoms with van der Waals surface area (Å²) in [4.78, 5) is 10.7. The number of hydrogen-bond donors (Lipinski definition) is 1. The molecule has 1 aliphatic rings. The van der Waals surface area contributed by atoms with Crippen molar-refractivity contribution in [1.82, 2.24) is 9.97 Å². The highest BCUT2D eigenvalue weighted by molar-refractivity contribution is 5.43. The molecule has 1 aromatic carbocycles. The van der Waals surface area contributed by atoms with Gasteiger partial charge in [0.2, 0.25) is 0 Å². The maximum absolute atomic E-state index is 5.67. The fourth-order valence-electron chi connectivity index (χ4n) is 2.49. The number of hydrogen-bond acceptors (Lipinski definition) is 4. The Kier molecular flexibility index (Phi) is 2.84. The van der Waals surface area contributed by atoms with E-state index in [1.54, 1.807) is 12.4 Å². The minimum Gasteiger partial charge on any atom is -0.382 e. The van der Waals surface area contributed by atoms with Gasteiger partial charge in [-0.25, -0.2) is 4.98 Å². The minimum atomic E-state index is 0.482. The van der Waals surface area contributed by atoms with Crippen molar-refractivity contribution < 1.29 is 0 Å². The molecule has 2 heterocycles. The first-order valence-corrected chi connectivity index (χ1v) is 6.20. The maximum atomic E-state index is 5.67. The lowest BCUT2D eigenvalue weighted by Crippen LogP contribution is -2.20. The fraction of sp³-hybridized carbons (Fsp3) is 0.286. The summed E-state index contributed by atoms with van der Waals surface area (Å²) in [5.74, 6) is 1.94. The first-order chi connectivity index (χ1) is 8.83. The van der Waals surface area contributed by atoms with Gasteiger partial charge in [0.1, 0.15) is 11.6 Å². The molecule has 92 valence electrons. The van der Waals surface area contributed by atoms with E-state index >= 15 is 0 Å². The molecule has 0 saturated carbocycles. The average Bonchev–Trinajstić information content (AvgIpc) is 2.89. The number of benzene rings is 1. The summed E-state index contributed by atoms with van der Waals surface area (Å²) < 4.78 is 0. The van der Waals surface area contributed by atoms with Crippen LogP contribution in [0.5, 0.6) is 0 Å². The highest BCUT2D eigenvalue weighted by Crippen LogP contribution is 2.29. The Morgan fingerprint density at radius 2 is 2.00 bits per heavy atom. The average molecular weight is 240 g/mol. The normalized spacial score (nSPS) is 19.1. The van der Waals surface area contributed by atoms with E-state index in [-0.39, 0.29) is 0 Å². The van der Waals surface area contributed by atoms with Gasteiger partial charge < -0.3 is 10.6 Å². The van der Waals surface area contributed by atoms with Gasteiger partial charge in [0.15, 0.2) is 0 Å². The van der Waals surface area contributed by atoms with Gasteiger partial charge in [0.25, 0.3) is 0 Å². The van der Waals surface area contributed by atoms with Crippen LogP contribution >= 0.6 is 0 Å². The Hall–Kier alpha value is -2.10. The van der Waals surface area contributed by atoms with Gasteiger partial charge in [-0.15, -0.1) is 0 Å². The monoisotopic (exact) mass is 240 g/mol. The number of nitrogens with zero attached hydrogens (tertiary/aromatic N) is 3.